The van der Waals surface area contributed by atoms with Crippen LogP contribution in [-0.4, -0.2) is 18.1 Å². The highest BCUT2D eigenvalue weighted by molar-refractivity contribution is 6.30. The molecular weight excluding hydrogens is 432 g/mol. The normalized spacial score (nSPS) is 10.6. The lowest BCUT2D eigenvalue weighted by atomic mass is 10.1. The van der Waals surface area contributed by atoms with Crippen molar-refractivity contribution < 1.29 is 18.3 Å². The van der Waals surface area contributed by atoms with E-state index in [0.717, 1.165) is 29.1 Å². The van der Waals surface area contributed by atoms with Gasteiger partial charge < -0.3 is 4.74 Å². The van der Waals surface area contributed by atoms with Crippen molar-refractivity contribution in [3.8, 4) is 5.75 Å². The highest BCUT2D eigenvalue weighted by Crippen LogP contribution is 2.23. The average Bonchev–Trinajstić information content (AvgIpc) is 2.73. The van der Waals surface area contributed by atoms with Crippen molar-refractivity contribution in [1.29, 1.82) is 0 Å². The molecule has 0 N–H and O–H groups in total. The standard InChI is InChI=1S/C14H20ClN.C9H8F2O2.C3H8/c1-4-6-7-13(5-2)16-14-9-8-12(15)10-11(14)3;1-6(12)7-3-2-4-8(5-7)13-9(10)11;1-3-2/h8-10H,4-7H2,1-3H3;2-5,9H,1H3;3H2,1-2H3. The van der Waals surface area contributed by atoms with Crippen molar-refractivity contribution in [3.05, 3.63) is 58.6 Å². The topological polar surface area (TPSA) is 38.7 Å². The summed E-state index contributed by atoms with van der Waals surface area (Å²) in [7, 11) is 0. The van der Waals surface area contributed by atoms with Crippen molar-refractivity contribution in [1.82, 2.24) is 0 Å². The maximum absolute atomic E-state index is 11.7. The number of hydrogen-bond donors (Lipinski definition) is 0. The van der Waals surface area contributed by atoms with Gasteiger partial charge in [0.15, 0.2) is 5.78 Å². The van der Waals surface area contributed by atoms with Gasteiger partial charge in [0.2, 0.25) is 0 Å². The summed E-state index contributed by atoms with van der Waals surface area (Å²) in [6.45, 7) is 9.18. The van der Waals surface area contributed by atoms with E-state index in [1.807, 2.05) is 18.2 Å². The first-order chi connectivity index (χ1) is 15.2. The first-order valence-corrected chi connectivity index (χ1v) is 11.4. The van der Waals surface area contributed by atoms with Gasteiger partial charge in [-0.2, -0.15) is 8.78 Å². The molecule has 2 aromatic carbocycles. The van der Waals surface area contributed by atoms with Crippen LogP contribution < -0.4 is 4.74 Å². The highest BCUT2D eigenvalue weighted by Gasteiger charge is 2.06. The third-order valence-corrected chi connectivity index (χ3v) is 4.37. The van der Waals surface area contributed by atoms with Crippen molar-refractivity contribution in [3.63, 3.8) is 0 Å². The Hall–Kier alpha value is -2.27. The smallest absolute Gasteiger partial charge is 0.387 e. The summed E-state index contributed by atoms with van der Waals surface area (Å²) in [4.78, 5) is 15.6. The van der Waals surface area contributed by atoms with Gasteiger partial charge >= 0.3 is 6.61 Å². The summed E-state index contributed by atoms with van der Waals surface area (Å²) in [6, 6.07) is 11.6. The van der Waals surface area contributed by atoms with Gasteiger partial charge in [-0.05, 0) is 69.0 Å². The lowest BCUT2D eigenvalue weighted by molar-refractivity contribution is -0.0498. The number of aryl methyl sites for hydroxylation is 1. The summed E-state index contributed by atoms with van der Waals surface area (Å²) in [5, 5.41) is 0.781. The number of alkyl halides is 2. The van der Waals surface area contributed by atoms with E-state index in [1.54, 1.807) is 6.07 Å². The summed E-state index contributed by atoms with van der Waals surface area (Å²) in [5.41, 5.74) is 3.85. The van der Waals surface area contributed by atoms with Crippen LogP contribution in [0.4, 0.5) is 14.5 Å². The molecule has 0 radical (unpaired) electrons. The number of hydrogen-bond acceptors (Lipinski definition) is 3. The van der Waals surface area contributed by atoms with E-state index in [0.29, 0.717) is 5.56 Å². The van der Waals surface area contributed by atoms with E-state index >= 15 is 0 Å². The molecule has 0 fully saturated rings. The molecule has 0 saturated carbocycles. The SMILES string of the molecule is CC(=O)c1cccc(OC(F)F)c1.CCC.CCCCC(CC)=Nc1ccc(Cl)cc1C. The Kier molecular flexibility index (Phi) is 16.1. The lowest BCUT2D eigenvalue weighted by Gasteiger charge is -2.05. The molecule has 0 aliphatic carbocycles. The number of rotatable bonds is 8. The Morgan fingerprint density at radius 2 is 1.75 bits per heavy atom. The molecule has 3 nitrogen and oxygen atoms in total. The molecule has 0 unspecified atom stereocenters. The first kappa shape index (κ1) is 29.7. The quantitative estimate of drug-likeness (QED) is 0.286. The Morgan fingerprint density at radius 3 is 2.25 bits per heavy atom. The van der Waals surface area contributed by atoms with Crippen molar-refractivity contribution >= 4 is 28.8 Å². The molecule has 32 heavy (non-hydrogen) atoms. The van der Waals surface area contributed by atoms with Gasteiger partial charge in [0.05, 0.1) is 5.69 Å². The summed E-state index contributed by atoms with van der Waals surface area (Å²) >= 11 is 5.92. The molecule has 0 amide bonds. The van der Waals surface area contributed by atoms with E-state index in [2.05, 4.69) is 39.4 Å². The molecular formula is C26H36ClF2NO2. The zero-order valence-corrected chi connectivity index (χ0v) is 20.8. The Labute approximate surface area is 196 Å². The van der Waals surface area contributed by atoms with E-state index in [9.17, 15) is 13.6 Å². The molecule has 2 rings (SSSR count). The number of carbonyl (C=O) groups is 1. The van der Waals surface area contributed by atoms with E-state index in [4.69, 9.17) is 16.6 Å². The van der Waals surface area contributed by atoms with Crippen LogP contribution in [0.2, 0.25) is 5.02 Å². The average molecular weight is 468 g/mol. The second-order valence-electron chi connectivity index (χ2n) is 7.24. The second-order valence-corrected chi connectivity index (χ2v) is 7.67. The van der Waals surface area contributed by atoms with Gasteiger partial charge in [0, 0.05) is 16.3 Å². The minimum atomic E-state index is -2.86. The number of aliphatic imine (C=N–C) groups is 1. The van der Waals surface area contributed by atoms with Gasteiger partial charge in [-0.3, -0.25) is 9.79 Å². The molecule has 0 aromatic heterocycles. The van der Waals surface area contributed by atoms with Crippen LogP contribution in [0.25, 0.3) is 0 Å². The number of ketones is 1. The third kappa shape index (κ3) is 13.2. The van der Waals surface area contributed by atoms with Crippen LogP contribution in [0, 0.1) is 6.92 Å². The lowest BCUT2D eigenvalue weighted by Crippen LogP contribution is -2.02. The number of benzene rings is 2. The van der Waals surface area contributed by atoms with Gasteiger partial charge in [0.1, 0.15) is 5.75 Å². The maximum atomic E-state index is 11.7. The van der Waals surface area contributed by atoms with E-state index < -0.39 is 6.61 Å². The largest absolute Gasteiger partial charge is 0.435 e. The molecule has 6 heteroatoms. The number of Topliss-reactive ketones (excluding diaryl/α,β-unsaturated/α-hetero) is 1. The number of halogens is 3. The fourth-order valence-electron chi connectivity index (χ4n) is 2.50. The van der Waals surface area contributed by atoms with Gasteiger partial charge in [-0.1, -0.05) is 64.3 Å². The minimum absolute atomic E-state index is 0.00250. The Balaban J connectivity index is 0.000000543. The zero-order valence-electron chi connectivity index (χ0n) is 20.1. The number of ether oxygens (including phenoxy) is 1. The Bertz CT molecular complexity index is 838. The van der Waals surface area contributed by atoms with E-state index in [-0.39, 0.29) is 11.5 Å². The van der Waals surface area contributed by atoms with Crippen molar-refractivity contribution in [2.75, 3.05) is 0 Å². The molecule has 178 valence electrons. The molecule has 0 atom stereocenters. The second kappa shape index (κ2) is 17.3. The molecule has 0 heterocycles. The maximum Gasteiger partial charge on any atom is 0.387 e. The monoisotopic (exact) mass is 467 g/mol. The number of carbonyl (C=O) groups excluding carboxylic acids is 1. The summed E-state index contributed by atoms with van der Waals surface area (Å²) in [6.07, 6.45) is 5.83. The zero-order chi connectivity index (χ0) is 24.5. The van der Waals surface area contributed by atoms with Gasteiger partial charge in [0.25, 0.3) is 0 Å². The molecule has 0 spiro atoms. The Morgan fingerprint density at radius 1 is 1.09 bits per heavy atom. The van der Waals surface area contributed by atoms with Crippen LogP contribution in [0.1, 0.15) is 82.6 Å². The molecule has 0 bridgehead atoms. The molecule has 0 aliphatic rings. The first-order valence-electron chi connectivity index (χ1n) is 11.1. The van der Waals surface area contributed by atoms with Crippen LogP contribution in [0.5, 0.6) is 5.75 Å². The van der Waals surface area contributed by atoms with Crippen molar-refractivity contribution in [2.24, 2.45) is 4.99 Å². The molecule has 0 aliphatic heterocycles. The van der Waals surface area contributed by atoms with Crippen LogP contribution in [0.15, 0.2) is 47.5 Å². The van der Waals surface area contributed by atoms with Crippen LogP contribution in [0.3, 0.4) is 0 Å². The number of unbranched alkanes of at least 4 members (excludes halogenated alkanes) is 1. The fraction of sp³-hybridized carbons (Fsp3) is 0.462. The summed E-state index contributed by atoms with van der Waals surface area (Å²) < 4.78 is 27.6. The predicted octanol–water partition coefficient (Wildman–Crippen LogP) is 9.23. The highest BCUT2D eigenvalue weighted by atomic mass is 35.5. The predicted molar refractivity (Wildman–Crippen MR) is 132 cm³/mol. The van der Waals surface area contributed by atoms with Gasteiger partial charge in [-0.25, -0.2) is 0 Å². The van der Waals surface area contributed by atoms with Crippen LogP contribution in [-0.2, 0) is 0 Å². The number of nitrogens with zero attached hydrogens (tertiary/aromatic N) is 1. The third-order valence-electron chi connectivity index (χ3n) is 4.13. The molecule has 2 aromatic rings. The van der Waals surface area contributed by atoms with Gasteiger partial charge in [-0.15, -0.1) is 0 Å². The van der Waals surface area contributed by atoms with E-state index in [1.165, 1.54) is 50.1 Å². The van der Waals surface area contributed by atoms with Crippen LogP contribution >= 0.6 is 11.6 Å². The molecule has 0 saturated heterocycles. The summed E-state index contributed by atoms with van der Waals surface area (Å²) in [5.74, 6) is -0.178. The van der Waals surface area contributed by atoms with Crippen molar-refractivity contribution in [2.45, 2.75) is 80.3 Å². The minimum Gasteiger partial charge on any atom is -0.435 e. The fourth-order valence-corrected chi connectivity index (χ4v) is 2.73.